The molecule has 0 saturated carbocycles. The fourth-order valence-corrected chi connectivity index (χ4v) is 3.44. The van der Waals surface area contributed by atoms with Gasteiger partial charge in [-0.25, -0.2) is 4.79 Å². The molecule has 0 saturated heterocycles. The molecule has 0 aromatic heterocycles. The number of carbonyl (C=O) groups is 4. The standard InChI is InChI=1S/C26H34N4O7/c1-16(2)12-21(24(34)28-20(23(27)33)13-17-8-10-19(32)11-9-17)29-25(35)22(14-31)30-26(36)37-15-18-6-4-3-5-7-18/h3-11,16,20-22,31-32H,12-15H2,1-2H3,(H2,27,33)(H,28,34)(H,29,35)(H,30,36)/t20-,21+,22+/m0/s1. The lowest BCUT2D eigenvalue weighted by atomic mass is 10.0. The number of benzene rings is 2. The second-order valence-corrected chi connectivity index (χ2v) is 8.97. The first kappa shape index (κ1) is 29.1. The molecule has 0 fully saturated rings. The van der Waals surface area contributed by atoms with Crippen molar-refractivity contribution in [1.82, 2.24) is 16.0 Å². The van der Waals surface area contributed by atoms with Crippen LogP contribution in [0.4, 0.5) is 4.79 Å². The van der Waals surface area contributed by atoms with E-state index in [-0.39, 0.29) is 31.1 Å². The normalized spacial score (nSPS) is 13.2. The molecule has 0 unspecified atom stereocenters. The Balaban J connectivity index is 2.01. The number of amides is 4. The number of phenols is 1. The van der Waals surface area contributed by atoms with E-state index in [9.17, 15) is 29.4 Å². The summed E-state index contributed by atoms with van der Waals surface area (Å²) in [6, 6.07) is 11.5. The first-order valence-electron chi connectivity index (χ1n) is 11.8. The summed E-state index contributed by atoms with van der Waals surface area (Å²) in [6.45, 7) is 2.93. The van der Waals surface area contributed by atoms with Gasteiger partial charge in [0.1, 0.15) is 30.5 Å². The number of phenolic OH excluding ortho intramolecular Hbond substituents is 1. The zero-order valence-corrected chi connectivity index (χ0v) is 20.8. The molecule has 7 N–H and O–H groups in total. The molecular weight excluding hydrogens is 480 g/mol. The second-order valence-electron chi connectivity index (χ2n) is 8.97. The lowest BCUT2D eigenvalue weighted by Crippen LogP contribution is -2.57. The fourth-order valence-electron chi connectivity index (χ4n) is 3.44. The highest BCUT2D eigenvalue weighted by molar-refractivity contribution is 5.93. The number of hydrogen-bond acceptors (Lipinski definition) is 7. The van der Waals surface area contributed by atoms with Gasteiger partial charge in [0.05, 0.1) is 6.61 Å². The van der Waals surface area contributed by atoms with Gasteiger partial charge < -0.3 is 36.6 Å². The predicted molar refractivity (Wildman–Crippen MR) is 135 cm³/mol. The molecule has 2 aromatic rings. The van der Waals surface area contributed by atoms with Gasteiger partial charge in [-0.05, 0) is 35.6 Å². The Bertz CT molecular complexity index is 1040. The van der Waals surface area contributed by atoms with E-state index >= 15 is 0 Å². The molecule has 11 heteroatoms. The van der Waals surface area contributed by atoms with Crippen molar-refractivity contribution in [3.05, 3.63) is 65.7 Å². The summed E-state index contributed by atoms with van der Waals surface area (Å²) >= 11 is 0. The van der Waals surface area contributed by atoms with Gasteiger partial charge in [-0.15, -0.1) is 0 Å². The smallest absolute Gasteiger partial charge is 0.408 e. The number of ether oxygens (including phenoxy) is 1. The number of nitrogens with one attached hydrogen (secondary N) is 3. The Morgan fingerprint density at radius 3 is 2.00 bits per heavy atom. The van der Waals surface area contributed by atoms with Crippen molar-refractivity contribution in [2.45, 2.75) is 51.4 Å². The van der Waals surface area contributed by atoms with E-state index < -0.39 is 48.5 Å². The summed E-state index contributed by atoms with van der Waals surface area (Å²) in [5.74, 6) is -2.18. The van der Waals surface area contributed by atoms with Crippen LogP contribution in [0.1, 0.15) is 31.4 Å². The van der Waals surface area contributed by atoms with Gasteiger partial charge in [0.2, 0.25) is 17.7 Å². The summed E-state index contributed by atoms with van der Waals surface area (Å²) in [5, 5.41) is 26.5. The van der Waals surface area contributed by atoms with Crippen LogP contribution in [-0.4, -0.2) is 58.8 Å². The first-order valence-corrected chi connectivity index (χ1v) is 11.8. The number of nitrogens with two attached hydrogens (primary N) is 1. The number of carbonyl (C=O) groups excluding carboxylic acids is 4. The minimum atomic E-state index is -1.37. The SMILES string of the molecule is CC(C)C[C@@H](NC(=O)[C@@H](CO)NC(=O)OCc1ccccc1)C(=O)N[C@@H](Cc1ccc(O)cc1)C(N)=O. The van der Waals surface area contributed by atoms with Crippen LogP contribution in [0.15, 0.2) is 54.6 Å². The maximum Gasteiger partial charge on any atom is 0.408 e. The Hall–Kier alpha value is -4.12. The highest BCUT2D eigenvalue weighted by Crippen LogP contribution is 2.12. The zero-order chi connectivity index (χ0) is 27.4. The van der Waals surface area contributed by atoms with Gasteiger partial charge >= 0.3 is 6.09 Å². The number of aliphatic hydroxyl groups excluding tert-OH is 1. The van der Waals surface area contributed by atoms with E-state index in [2.05, 4.69) is 16.0 Å². The van der Waals surface area contributed by atoms with Crippen molar-refractivity contribution in [1.29, 1.82) is 0 Å². The molecule has 0 heterocycles. The van der Waals surface area contributed by atoms with Gasteiger partial charge in [0.15, 0.2) is 0 Å². The fraction of sp³-hybridized carbons (Fsp3) is 0.385. The van der Waals surface area contributed by atoms with Crippen molar-refractivity contribution in [2.75, 3.05) is 6.61 Å². The van der Waals surface area contributed by atoms with Crippen LogP contribution in [0.2, 0.25) is 0 Å². The van der Waals surface area contributed by atoms with Crippen LogP contribution in [0.3, 0.4) is 0 Å². The maximum atomic E-state index is 13.0. The molecule has 2 rings (SSSR count). The van der Waals surface area contributed by atoms with E-state index in [1.54, 1.807) is 36.4 Å². The van der Waals surface area contributed by atoms with Crippen molar-refractivity contribution in [3.63, 3.8) is 0 Å². The average molecular weight is 515 g/mol. The van der Waals surface area contributed by atoms with Gasteiger partial charge in [0, 0.05) is 6.42 Å². The predicted octanol–water partition coefficient (Wildman–Crippen LogP) is 0.723. The summed E-state index contributed by atoms with van der Waals surface area (Å²) < 4.78 is 5.08. The number of alkyl carbamates (subject to hydrolysis) is 1. The summed E-state index contributed by atoms with van der Waals surface area (Å²) in [7, 11) is 0. The van der Waals surface area contributed by atoms with Crippen LogP contribution < -0.4 is 21.7 Å². The van der Waals surface area contributed by atoms with Crippen molar-refractivity contribution >= 4 is 23.8 Å². The molecule has 37 heavy (non-hydrogen) atoms. The summed E-state index contributed by atoms with van der Waals surface area (Å²) in [5.41, 5.74) is 6.88. The van der Waals surface area contributed by atoms with Gasteiger partial charge in [-0.3, -0.25) is 14.4 Å². The highest BCUT2D eigenvalue weighted by Gasteiger charge is 2.29. The minimum Gasteiger partial charge on any atom is -0.508 e. The van der Waals surface area contributed by atoms with Crippen molar-refractivity contribution in [2.24, 2.45) is 11.7 Å². The Morgan fingerprint density at radius 2 is 1.43 bits per heavy atom. The van der Waals surface area contributed by atoms with Crippen molar-refractivity contribution in [3.8, 4) is 5.75 Å². The van der Waals surface area contributed by atoms with Gasteiger partial charge in [-0.1, -0.05) is 56.3 Å². The largest absolute Gasteiger partial charge is 0.508 e. The average Bonchev–Trinajstić information content (AvgIpc) is 2.86. The lowest BCUT2D eigenvalue weighted by molar-refractivity contribution is -0.132. The molecule has 0 bridgehead atoms. The van der Waals surface area contributed by atoms with Gasteiger partial charge in [0.25, 0.3) is 0 Å². The van der Waals surface area contributed by atoms with E-state index in [1.807, 2.05) is 19.9 Å². The Kier molecular flexibility index (Phi) is 11.4. The van der Waals surface area contributed by atoms with Crippen LogP contribution in [0.5, 0.6) is 5.75 Å². The molecular formula is C26H34N4O7. The molecule has 0 spiro atoms. The molecule has 11 nitrogen and oxygen atoms in total. The van der Waals surface area contributed by atoms with E-state index in [1.165, 1.54) is 12.1 Å². The third-order valence-electron chi connectivity index (χ3n) is 5.38. The summed E-state index contributed by atoms with van der Waals surface area (Å²) in [6.07, 6.45) is -0.609. The number of aromatic hydroxyl groups is 1. The van der Waals surface area contributed by atoms with Gasteiger partial charge in [-0.2, -0.15) is 0 Å². The van der Waals surface area contributed by atoms with Crippen LogP contribution >= 0.6 is 0 Å². The quantitative estimate of drug-likeness (QED) is 0.228. The van der Waals surface area contributed by atoms with Crippen LogP contribution in [-0.2, 0) is 32.1 Å². The molecule has 4 amide bonds. The molecule has 2 aromatic carbocycles. The molecule has 0 radical (unpaired) electrons. The monoisotopic (exact) mass is 514 g/mol. The van der Waals surface area contributed by atoms with Crippen LogP contribution in [0, 0.1) is 5.92 Å². The third kappa shape index (κ3) is 10.2. The number of primary amides is 1. The van der Waals surface area contributed by atoms with Crippen molar-refractivity contribution < 1.29 is 34.1 Å². The summed E-state index contributed by atoms with van der Waals surface area (Å²) in [4.78, 5) is 49.9. The molecule has 200 valence electrons. The number of aliphatic hydroxyl groups is 1. The van der Waals surface area contributed by atoms with E-state index in [0.29, 0.717) is 5.56 Å². The number of rotatable bonds is 13. The first-order chi connectivity index (χ1) is 17.6. The lowest BCUT2D eigenvalue weighted by Gasteiger charge is -2.25. The Morgan fingerprint density at radius 1 is 0.838 bits per heavy atom. The van der Waals surface area contributed by atoms with E-state index in [0.717, 1.165) is 5.56 Å². The molecule has 3 atom stereocenters. The molecule has 0 aliphatic carbocycles. The second kappa shape index (κ2) is 14.4. The van der Waals surface area contributed by atoms with Crippen LogP contribution in [0.25, 0.3) is 0 Å². The molecule has 0 aliphatic rings. The minimum absolute atomic E-state index is 0.0171. The molecule has 0 aliphatic heterocycles. The Labute approximate surface area is 215 Å². The van der Waals surface area contributed by atoms with E-state index in [4.69, 9.17) is 10.5 Å². The third-order valence-corrected chi connectivity index (χ3v) is 5.38. The topological polar surface area (TPSA) is 180 Å². The zero-order valence-electron chi connectivity index (χ0n) is 20.8. The number of hydrogen-bond donors (Lipinski definition) is 6. The maximum absolute atomic E-state index is 13.0. The highest BCUT2D eigenvalue weighted by atomic mass is 16.5.